The van der Waals surface area contributed by atoms with Gasteiger partial charge in [-0.25, -0.2) is 4.39 Å². The second-order valence-corrected chi connectivity index (χ2v) is 5.92. The Bertz CT molecular complexity index is 560. The highest BCUT2D eigenvalue weighted by Gasteiger charge is 2.17. The van der Waals surface area contributed by atoms with E-state index in [2.05, 4.69) is 25.2 Å². The molecule has 1 atom stereocenters. The van der Waals surface area contributed by atoms with E-state index in [4.69, 9.17) is 0 Å². The van der Waals surface area contributed by atoms with Crippen molar-refractivity contribution in [2.45, 2.75) is 26.8 Å². The van der Waals surface area contributed by atoms with Crippen LogP contribution >= 0.6 is 11.3 Å². The molecule has 2 aromatic rings. The first-order valence-corrected chi connectivity index (χ1v) is 6.85. The first-order chi connectivity index (χ1) is 8.52. The number of aryl methyl sites for hydroxylation is 3. The smallest absolute Gasteiger partial charge is 0.126 e. The Kier molecular flexibility index (Phi) is 3.83. The van der Waals surface area contributed by atoms with E-state index < -0.39 is 0 Å². The summed E-state index contributed by atoms with van der Waals surface area (Å²) in [5, 5.41) is 3.28. The Morgan fingerprint density at radius 2 is 1.83 bits per heavy atom. The molecule has 2 rings (SSSR count). The van der Waals surface area contributed by atoms with Gasteiger partial charge >= 0.3 is 0 Å². The maximum atomic E-state index is 13.7. The lowest BCUT2D eigenvalue weighted by atomic mass is 10.0. The summed E-state index contributed by atoms with van der Waals surface area (Å²) >= 11 is 1.77. The van der Waals surface area contributed by atoms with Crippen molar-refractivity contribution < 1.29 is 4.39 Å². The Balaban J connectivity index is 2.45. The predicted octanol–water partition coefficient (Wildman–Crippen LogP) is 4.12. The molecule has 0 saturated carbocycles. The highest BCUT2D eigenvalue weighted by Crippen LogP contribution is 2.32. The fraction of sp³-hybridized carbons (Fsp3) is 0.333. The van der Waals surface area contributed by atoms with Gasteiger partial charge in [-0.05, 0) is 56.6 Å². The third-order valence-electron chi connectivity index (χ3n) is 3.16. The average Bonchev–Trinajstić information content (AvgIpc) is 2.64. The van der Waals surface area contributed by atoms with Crippen molar-refractivity contribution in [2.24, 2.45) is 0 Å². The summed E-state index contributed by atoms with van der Waals surface area (Å²) in [4.78, 5) is 2.55. The number of hydrogen-bond acceptors (Lipinski definition) is 2. The van der Waals surface area contributed by atoms with Gasteiger partial charge in [0.15, 0.2) is 0 Å². The molecule has 0 bridgehead atoms. The van der Waals surface area contributed by atoms with Crippen molar-refractivity contribution in [1.29, 1.82) is 0 Å². The molecule has 1 aromatic heterocycles. The monoisotopic (exact) mass is 263 g/mol. The van der Waals surface area contributed by atoms with E-state index in [0.717, 1.165) is 5.56 Å². The van der Waals surface area contributed by atoms with Crippen LogP contribution in [0, 0.1) is 26.6 Å². The number of benzene rings is 1. The summed E-state index contributed by atoms with van der Waals surface area (Å²) in [6.45, 7) is 5.99. The minimum atomic E-state index is -0.140. The van der Waals surface area contributed by atoms with Crippen LogP contribution in [0.2, 0.25) is 0 Å². The molecule has 1 N–H and O–H groups in total. The third-order valence-corrected chi connectivity index (χ3v) is 4.38. The topological polar surface area (TPSA) is 12.0 Å². The fourth-order valence-electron chi connectivity index (χ4n) is 2.18. The fourth-order valence-corrected chi connectivity index (χ4v) is 3.36. The largest absolute Gasteiger partial charge is 0.309 e. The molecule has 0 spiro atoms. The molecule has 0 amide bonds. The Morgan fingerprint density at radius 1 is 1.11 bits per heavy atom. The van der Waals surface area contributed by atoms with Gasteiger partial charge in [0.1, 0.15) is 5.82 Å². The van der Waals surface area contributed by atoms with Crippen LogP contribution in [0.5, 0.6) is 0 Å². The summed E-state index contributed by atoms with van der Waals surface area (Å²) in [6.07, 6.45) is 0. The maximum Gasteiger partial charge on any atom is 0.126 e. The van der Waals surface area contributed by atoms with E-state index in [1.165, 1.54) is 15.3 Å². The van der Waals surface area contributed by atoms with E-state index >= 15 is 0 Å². The van der Waals surface area contributed by atoms with Gasteiger partial charge in [-0.1, -0.05) is 12.1 Å². The molecule has 1 unspecified atom stereocenters. The molecule has 1 heterocycles. The zero-order valence-corrected chi connectivity index (χ0v) is 12.0. The zero-order chi connectivity index (χ0) is 13.3. The molecule has 0 aliphatic carbocycles. The van der Waals surface area contributed by atoms with Crippen molar-refractivity contribution >= 4 is 11.3 Å². The van der Waals surface area contributed by atoms with Crippen LogP contribution in [-0.2, 0) is 0 Å². The SMILES string of the molecule is CNC(c1ccc(C)c(F)c1)c1sc(C)cc1C. The Hall–Kier alpha value is -1.19. The van der Waals surface area contributed by atoms with Crippen LogP contribution in [0.1, 0.15) is 32.5 Å². The molecule has 0 fully saturated rings. The van der Waals surface area contributed by atoms with E-state index in [1.807, 2.05) is 19.2 Å². The van der Waals surface area contributed by atoms with Crippen molar-refractivity contribution in [1.82, 2.24) is 5.32 Å². The van der Waals surface area contributed by atoms with Gasteiger partial charge in [0.2, 0.25) is 0 Å². The van der Waals surface area contributed by atoms with Crippen molar-refractivity contribution in [3.63, 3.8) is 0 Å². The van der Waals surface area contributed by atoms with Gasteiger partial charge < -0.3 is 5.32 Å². The summed E-state index contributed by atoms with van der Waals surface area (Å²) in [5.74, 6) is -0.140. The Labute approximate surface area is 112 Å². The minimum Gasteiger partial charge on any atom is -0.309 e. The highest BCUT2D eigenvalue weighted by molar-refractivity contribution is 7.12. The molecule has 0 saturated heterocycles. The summed E-state index contributed by atoms with van der Waals surface area (Å²) < 4.78 is 13.7. The van der Waals surface area contributed by atoms with Crippen LogP contribution < -0.4 is 5.32 Å². The van der Waals surface area contributed by atoms with E-state index in [-0.39, 0.29) is 11.9 Å². The number of nitrogens with one attached hydrogen (secondary N) is 1. The molecule has 18 heavy (non-hydrogen) atoms. The van der Waals surface area contributed by atoms with Crippen LogP contribution in [0.3, 0.4) is 0 Å². The highest BCUT2D eigenvalue weighted by atomic mass is 32.1. The average molecular weight is 263 g/mol. The number of rotatable bonds is 3. The van der Waals surface area contributed by atoms with Gasteiger partial charge in [-0.2, -0.15) is 0 Å². The lowest BCUT2D eigenvalue weighted by molar-refractivity contribution is 0.609. The second kappa shape index (κ2) is 5.21. The first-order valence-electron chi connectivity index (χ1n) is 6.03. The van der Waals surface area contributed by atoms with Crippen LogP contribution in [0.25, 0.3) is 0 Å². The summed E-state index contributed by atoms with van der Waals surface area (Å²) in [5.41, 5.74) is 2.93. The maximum absolute atomic E-state index is 13.7. The molecular weight excluding hydrogens is 245 g/mol. The quantitative estimate of drug-likeness (QED) is 0.878. The van der Waals surface area contributed by atoms with E-state index in [0.29, 0.717) is 5.56 Å². The molecule has 0 aliphatic heterocycles. The normalized spacial score (nSPS) is 12.7. The zero-order valence-electron chi connectivity index (χ0n) is 11.2. The van der Waals surface area contributed by atoms with Crippen LogP contribution in [-0.4, -0.2) is 7.05 Å². The molecular formula is C15H18FNS. The number of thiophene rings is 1. The van der Waals surface area contributed by atoms with Crippen molar-refractivity contribution in [3.8, 4) is 0 Å². The molecule has 1 aromatic carbocycles. The van der Waals surface area contributed by atoms with Gasteiger partial charge in [-0.3, -0.25) is 0 Å². The van der Waals surface area contributed by atoms with E-state index in [1.54, 1.807) is 24.3 Å². The van der Waals surface area contributed by atoms with Gasteiger partial charge in [0.25, 0.3) is 0 Å². The standard InChI is InChI=1S/C15H18FNS/c1-9-5-6-12(8-13(9)16)14(17-4)15-10(2)7-11(3)18-15/h5-8,14,17H,1-4H3. The number of halogens is 1. The minimum absolute atomic E-state index is 0.0683. The predicted molar refractivity (Wildman–Crippen MR) is 75.8 cm³/mol. The first kappa shape index (κ1) is 13.2. The molecule has 96 valence electrons. The van der Waals surface area contributed by atoms with Gasteiger partial charge in [0, 0.05) is 9.75 Å². The molecule has 0 radical (unpaired) electrons. The van der Waals surface area contributed by atoms with Gasteiger partial charge in [0.05, 0.1) is 6.04 Å². The summed E-state index contributed by atoms with van der Waals surface area (Å²) in [6, 6.07) is 7.71. The lowest BCUT2D eigenvalue weighted by Gasteiger charge is -2.17. The molecule has 3 heteroatoms. The van der Waals surface area contributed by atoms with E-state index in [9.17, 15) is 4.39 Å². The number of hydrogen-bond donors (Lipinski definition) is 1. The molecule has 0 aliphatic rings. The lowest BCUT2D eigenvalue weighted by Crippen LogP contribution is -2.17. The van der Waals surface area contributed by atoms with Crippen molar-refractivity contribution in [2.75, 3.05) is 7.05 Å². The Morgan fingerprint density at radius 3 is 2.33 bits per heavy atom. The molecule has 1 nitrogen and oxygen atoms in total. The third kappa shape index (κ3) is 2.47. The van der Waals surface area contributed by atoms with Crippen molar-refractivity contribution in [3.05, 3.63) is 56.5 Å². The van der Waals surface area contributed by atoms with Crippen LogP contribution in [0.15, 0.2) is 24.3 Å². The summed E-state index contributed by atoms with van der Waals surface area (Å²) in [7, 11) is 1.91. The van der Waals surface area contributed by atoms with Crippen LogP contribution in [0.4, 0.5) is 4.39 Å². The van der Waals surface area contributed by atoms with Gasteiger partial charge in [-0.15, -0.1) is 11.3 Å². The second-order valence-electron chi connectivity index (χ2n) is 4.63.